The first-order chi connectivity index (χ1) is 14.7. The number of likely N-dealkylation sites (tertiary alicyclic amines) is 1. The number of aromatic nitrogens is 1. The Kier molecular flexibility index (Phi) is 5.55. The first kappa shape index (κ1) is 21.4. The van der Waals surface area contributed by atoms with E-state index in [1.165, 1.54) is 12.1 Å². The number of nitrogens with zero attached hydrogens (tertiary/aromatic N) is 2. The second-order valence-electron chi connectivity index (χ2n) is 9.05. The Morgan fingerprint density at radius 2 is 2.03 bits per heavy atom. The number of benzene rings is 1. The second kappa shape index (κ2) is 8.03. The summed E-state index contributed by atoms with van der Waals surface area (Å²) in [6, 6.07) is 4.06. The lowest BCUT2D eigenvalue weighted by atomic mass is 9.66. The van der Waals surface area contributed by atoms with Crippen LogP contribution < -0.4 is 5.32 Å². The number of carboxylic acids is 1. The molecule has 7 nitrogen and oxygen atoms in total. The number of carbonyl (C=O) groups is 2. The van der Waals surface area contributed by atoms with Gasteiger partial charge in [0, 0.05) is 37.3 Å². The van der Waals surface area contributed by atoms with E-state index in [1.54, 1.807) is 0 Å². The second-order valence-corrected chi connectivity index (χ2v) is 9.05. The average molecular weight is 433 g/mol. The summed E-state index contributed by atoms with van der Waals surface area (Å²) in [5, 5.41) is 16.2. The van der Waals surface area contributed by atoms with Gasteiger partial charge in [0.15, 0.2) is 11.5 Å². The van der Waals surface area contributed by atoms with Crippen molar-refractivity contribution >= 4 is 11.9 Å². The van der Waals surface area contributed by atoms with Gasteiger partial charge in [-0.25, -0.2) is 8.78 Å². The topological polar surface area (TPSA) is 95.7 Å². The summed E-state index contributed by atoms with van der Waals surface area (Å²) in [5.74, 6) is -3.86. The van der Waals surface area contributed by atoms with E-state index in [-0.39, 0.29) is 22.4 Å². The van der Waals surface area contributed by atoms with E-state index < -0.39 is 35.5 Å². The van der Waals surface area contributed by atoms with E-state index in [4.69, 9.17) is 4.52 Å². The van der Waals surface area contributed by atoms with Crippen LogP contribution in [0.2, 0.25) is 0 Å². The third-order valence-electron chi connectivity index (χ3n) is 6.62. The van der Waals surface area contributed by atoms with Crippen molar-refractivity contribution in [3.8, 4) is 11.3 Å². The van der Waals surface area contributed by atoms with Gasteiger partial charge in [-0.1, -0.05) is 19.0 Å². The smallest absolute Gasteiger partial charge is 0.309 e. The third kappa shape index (κ3) is 4.19. The number of rotatable bonds is 5. The number of amides is 1. The molecule has 2 heterocycles. The number of hydrogen-bond donors (Lipinski definition) is 2. The molecule has 2 aromatic rings. The van der Waals surface area contributed by atoms with Crippen LogP contribution in [-0.4, -0.2) is 52.2 Å². The van der Waals surface area contributed by atoms with Crippen LogP contribution in [0.25, 0.3) is 11.3 Å². The molecule has 9 heteroatoms. The van der Waals surface area contributed by atoms with Crippen LogP contribution in [-0.2, 0) is 4.79 Å². The number of piperidine rings is 1. The van der Waals surface area contributed by atoms with Crippen molar-refractivity contribution in [2.45, 2.75) is 45.2 Å². The van der Waals surface area contributed by atoms with E-state index in [0.29, 0.717) is 31.6 Å². The predicted molar refractivity (Wildman–Crippen MR) is 107 cm³/mol. The number of aliphatic carboxylic acids is 1. The van der Waals surface area contributed by atoms with Crippen LogP contribution >= 0.6 is 0 Å². The zero-order valence-corrected chi connectivity index (χ0v) is 17.4. The minimum atomic E-state index is -0.957. The molecule has 166 valence electrons. The van der Waals surface area contributed by atoms with E-state index in [2.05, 4.69) is 29.2 Å². The molecule has 0 radical (unpaired) electrons. The normalized spacial score (nSPS) is 25.6. The molecule has 0 unspecified atom stereocenters. The summed E-state index contributed by atoms with van der Waals surface area (Å²) in [7, 11) is 0. The van der Waals surface area contributed by atoms with Crippen LogP contribution in [0.3, 0.4) is 0 Å². The van der Waals surface area contributed by atoms with E-state index in [1.807, 2.05) is 0 Å². The number of nitrogens with one attached hydrogen (secondary N) is 1. The van der Waals surface area contributed by atoms with Crippen molar-refractivity contribution in [2.24, 2.45) is 11.3 Å². The minimum Gasteiger partial charge on any atom is -0.481 e. The SMILES string of the molecule is CC1(C)CC[C@@H]1N1CC[C@H](NC(=O)c2cc(-c3ccc(F)cc3F)on2)[C@@H](C(=O)O)C1. The molecule has 4 rings (SSSR count). The Morgan fingerprint density at radius 1 is 1.26 bits per heavy atom. The van der Waals surface area contributed by atoms with Gasteiger partial charge in [0.1, 0.15) is 11.6 Å². The largest absolute Gasteiger partial charge is 0.481 e. The molecule has 1 saturated carbocycles. The lowest BCUT2D eigenvalue weighted by molar-refractivity contribution is -0.146. The maximum atomic E-state index is 14.0. The molecule has 2 aliphatic rings. The van der Waals surface area contributed by atoms with Gasteiger partial charge in [0.2, 0.25) is 0 Å². The molecule has 2 N–H and O–H groups in total. The molecule has 1 aliphatic heterocycles. The maximum Gasteiger partial charge on any atom is 0.309 e. The highest BCUT2D eigenvalue weighted by molar-refractivity contribution is 5.93. The number of carboxylic acid groups (broad SMARTS) is 1. The van der Waals surface area contributed by atoms with Crippen LogP contribution in [0.4, 0.5) is 8.78 Å². The molecular weight excluding hydrogens is 408 g/mol. The van der Waals surface area contributed by atoms with Crippen LogP contribution in [0, 0.1) is 23.0 Å². The van der Waals surface area contributed by atoms with Crippen molar-refractivity contribution in [3.63, 3.8) is 0 Å². The van der Waals surface area contributed by atoms with Gasteiger partial charge < -0.3 is 14.9 Å². The molecule has 1 amide bonds. The first-order valence-electron chi connectivity index (χ1n) is 10.4. The lowest BCUT2D eigenvalue weighted by Gasteiger charge is -2.53. The summed E-state index contributed by atoms with van der Waals surface area (Å²) in [6.07, 6.45) is 2.68. The molecule has 0 bridgehead atoms. The molecule has 1 aromatic heterocycles. The molecule has 1 saturated heterocycles. The quantitative estimate of drug-likeness (QED) is 0.751. The van der Waals surface area contributed by atoms with Crippen LogP contribution in [0.5, 0.6) is 0 Å². The highest BCUT2D eigenvalue weighted by atomic mass is 19.1. The van der Waals surface area contributed by atoms with Gasteiger partial charge in [-0.3, -0.25) is 14.5 Å². The van der Waals surface area contributed by atoms with Gasteiger partial charge >= 0.3 is 5.97 Å². The zero-order chi connectivity index (χ0) is 22.3. The number of halogens is 2. The van der Waals surface area contributed by atoms with E-state index in [0.717, 1.165) is 18.9 Å². The fourth-order valence-corrected chi connectivity index (χ4v) is 4.65. The summed E-state index contributed by atoms with van der Waals surface area (Å²) in [5.41, 5.74) is 0.0597. The molecule has 0 spiro atoms. The first-order valence-corrected chi connectivity index (χ1v) is 10.4. The fraction of sp³-hybridized carbons (Fsp3) is 0.500. The minimum absolute atomic E-state index is 0.0144. The highest BCUT2D eigenvalue weighted by Crippen LogP contribution is 2.44. The molecule has 1 aromatic carbocycles. The molecule has 3 atom stereocenters. The summed E-state index contributed by atoms with van der Waals surface area (Å²) in [4.78, 5) is 26.8. The Balaban J connectivity index is 1.44. The van der Waals surface area contributed by atoms with Gasteiger partial charge in [0.25, 0.3) is 5.91 Å². The summed E-state index contributed by atoms with van der Waals surface area (Å²) < 4.78 is 32.1. The van der Waals surface area contributed by atoms with Crippen LogP contribution in [0.15, 0.2) is 28.8 Å². The average Bonchev–Trinajstić information content (AvgIpc) is 3.18. The van der Waals surface area contributed by atoms with E-state index in [9.17, 15) is 23.5 Å². The Bertz CT molecular complexity index is 1010. The van der Waals surface area contributed by atoms with Crippen molar-refractivity contribution < 1.29 is 28.0 Å². The van der Waals surface area contributed by atoms with Crippen molar-refractivity contribution in [3.05, 3.63) is 41.6 Å². The Hall–Kier alpha value is -2.81. The molecule has 31 heavy (non-hydrogen) atoms. The summed E-state index contributed by atoms with van der Waals surface area (Å²) >= 11 is 0. The standard InChI is InChI=1S/C22H25F2N3O4/c1-22(2)7-5-19(22)27-8-6-16(14(11-27)21(29)30)25-20(28)17-10-18(31-26-17)13-4-3-12(23)9-15(13)24/h3-4,9-10,14,16,19H,5-8,11H2,1-2H3,(H,25,28)(H,29,30)/t14-,16-,19-/m0/s1. The number of hydrogen-bond acceptors (Lipinski definition) is 5. The molecule has 1 aliphatic carbocycles. The predicted octanol–water partition coefficient (Wildman–Crippen LogP) is 3.31. The van der Waals surface area contributed by atoms with Crippen molar-refractivity contribution in [1.29, 1.82) is 0 Å². The van der Waals surface area contributed by atoms with Crippen molar-refractivity contribution in [1.82, 2.24) is 15.4 Å². The van der Waals surface area contributed by atoms with Crippen LogP contribution in [0.1, 0.15) is 43.6 Å². The monoisotopic (exact) mass is 433 g/mol. The third-order valence-corrected chi connectivity index (χ3v) is 6.62. The van der Waals surface area contributed by atoms with Gasteiger partial charge in [-0.15, -0.1) is 0 Å². The molecule has 2 fully saturated rings. The zero-order valence-electron chi connectivity index (χ0n) is 17.4. The number of carbonyl (C=O) groups excluding carboxylic acids is 1. The van der Waals surface area contributed by atoms with Gasteiger partial charge in [0.05, 0.1) is 11.5 Å². The molecular formula is C22H25F2N3O4. The lowest BCUT2D eigenvalue weighted by Crippen LogP contribution is -2.60. The Morgan fingerprint density at radius 3 is 2.65 bits per heavy atom. The van der Waals surface area contributed by atoms with Crippen molar-refractivity contribution in [2.75, 3.05) is 13.1 Å². The fourth-order valence-electron chi connectivity index (χ4n) is 4.65. The highest BCUT2D eigenvalue weighted by Gasteiger charge is 2.46. The Labute approximate surface area is 178 Å². The maximum absolute atomic E-state index is 14.0. The van der Waals surface area contributed by atoms with Gasteiger partial charge in [-0.2, -0.15) is 0 Å². The summed E-state index contributed by atoms with van der Waals surface area (Å²) in [6.45, 7) is 5.46. The van der Waals surface area contributed by atoms with E-state index >= 15 is 0 Å². The van der Waals surface area contributed by atoms with Gasteiger partial charge in [-0.05, 0) is 36.8 Å².